The number of hydrogen-bond donors (Lipinski definition) is 2. The Labute approximate surface area is 148 Å². The van der Waals surface area contributed by atoms with Gasteiger partial charge in [-0.1, -0.05) is 13.8 Å². The van der Waals surface area contributed by atoms with Gasteiger partial charge in [-0.15, -0.1) is 0 Å². The summed E-state index contributed by atoms with van der Waals surface area (Å²) in [6.45, 7) is 7.82. The fraction of sp³-hybridized carbons (Fsp3) is 0.562. The largest absolute Gasteiger partial charge is 0.379 e. The van der Waals surface area contributed by atoms with Crippen LogP contribution >= 0.6 is 0 Å². The van der Waals surface area contributed by atoms with Gasteiger partial charge in [0, 0.05) is 25.7 Å². The van der Waals surface area contributed by atoms with Gasteiger partial charge < -0.3 is 10.2 Å². The Bertz CT molecular complexity index is 721. The maximum atomic E-state index is 11.4. The lowest BCUT2D eigenvalue weighted by Gasteiger charge is -2.33. The summed E-state index contributed by atoms with van der Waals surface area (Å²) in [6, 6.07) is 3.69. The number of nitrogens with two attached hydrogens (primary N) is 1. The number of nitrogens with one attached hydrogen (secondary N) is 1. The van der Waals surface area contributed by atoms with Gasteiger partial charge in [0.1, 0.15) is 5.69 Å². The number of sulfonamides is 1. The minimum atomic E-state index is -3.97. The van der Waals surface area contributed by atoms with Crippen molar-refractivity contribution < 1.29 is 13.3 Å². The summed E-state index contributed by atoms with van der Waals surface area (Å²) in [6.07, 6.45) is 2.17. The van der Waals surface area contributed by atoms with E-state index in [1.54, 1.807) is 0 Å². The molecule has 1 fully saturated rings. The lowest BCUT2D eigenvalue weighted by molar-refractivity contribution is -0.384. The van der Waals surface area contributed by atoms with Crippen molar-refractivity contribution in [2.24, 2.45) is 11.1 Å². The topological polar surface area (TPSA) is 119 Å². The van der Waals surface area contributed by atoms with Crippen molar-refractivity contribution >= 4 is 21.4 Å². The average Bonchev–Trinajstić information content (AvgIpc) is 2.51. The number of nitrogens with zero attached hydrogens (tertiary/aromatic N) is 2. The number of primary sulfonamides is 1. The van der Waals surface area contributed by atoms with E-state index in [0.717, 1.165) is 38.5 Å². The Hall–Kier alpha value is -1.71. The van der Waals surface area contributed by atoms with Gasteiger partial charge in [0.15, 0.2) is 0 Å². The van der Waals surface area contributed by atoms with E-state index in [0.29, 0.717) is 18.2 Å². The number of rotatable bonds is 7. The molecule has 2 rings (SSSR count). The SMILES string of the molecule is C[C](C)CN1CCCC(CNc2ccc(S(N)(=O)=O)cc2[N+](=O)[O-])C1. The zero-order chi connectivity index (χ0) is 18.6. The Morgan fingerprint density at radius 3 is 2.76 bits per heavy atom. The van der Waals surface area contributed by atoms with Crippen LogP contribution in [0.25, 0.3) is 0 Å². The van der Waals surface area contributed by atoms with Gasteiger partial charge in [-0.25, -0.2) is 13.6 Å². The smallest absolute Gasteiger partial charge is 0.293 e. The normalized spacial score (nSPS) is 19.1. The zero-order valence-electron chi connectivity index (χ0n) is 14.6. The molecule has 139 valence electrons. The van der Waals surface area contributed by atoms with Gasteiger partial charge >= 0.3 is 0 Å². The molecule has 1 aliphatic rings. The number of likely N-dealkylation sites (tertiary alicyclic amines) is 1. The number of benzene rings is 1. The Morgan fingerprint density at radius 2 is 2.16 bits per heavy atom. The standard InChI is InChI=1S/C16H25N4O4S/c1-12(2)10-19-7-3-4-13(11-19)9-18-15-6-5-14(25(17,23)24)8-16(15)20(21)22/h5-6,8,13,18H,3-4,7,9-11H2,1-2H3,(H2,17,23,24). The molecular formula is C16H25N4O4S. The summed E-state index contributed by atoms with van der Waals surface area (Å²) in [5.41, 5.74) is 0.0321. The molecule has 0 amide bonds. The molecule has 1 heterocycles. The third kappa shape index (κ3) is 5.65. The quantitative estimate of drug-likeness (QED) is 0.560. The molecule has 25 heavy (non-hydrogen) atoms. The van der Waals surface area contributed by atoms with E-state index in [1.165, 1.54) is 18.1 Å². The molecule has 1 atom stereocenters. The van der Waals surface area contributed by atoms with Crippen molar-refractivity contribution in [1.82, 2.24) is 4.90 Å². The number of anilines is 1. The maximum absolute atomic E-state index is 11.4. The maximum Gasteiger partial charge on any atom is 0.293 e. The van der Waals surface area contributed by atoms with E-state index >= 15 is 0 Å². The highest BCUT2D eigenvalue weighted by atomic mass is 32.2. The lowest BCUT2D eigenvalue weighted by Crippen LogP contribution is -2.39. The second-order valence-corrected chi connectivity index (χ2v) is 8.37. The average molecular weight is 369 g/mol. The van der Waals surface area contributed by atoms with Crippen molar-refractivity contribution in [2.75, 3.05) is 31.5 Å². The molecule has 1 unspecified atom stereocenters. The van der Waals surface area contributed by atoms with Crippen LogP contribution in [-0.2, 0) is 10.0 Å². The summed E-state index contributed by atoms with van der Waals surface area (Å²) in [4.78, 5) is 12.8. The highest BCUT2D eigenvalue weighted by molar-refractivity contribution is 7.89. The second-order valence-electron chi connectivity index (χ2n) is 6.81. The summed E-state index contributed by atoms with van der Waals surface area (Å²) in [5.74, 6) is 1.76. The minimum Gasteiger partial charge on any atom is -0.379 e. The molecule has 1 aliphatic heterocycles. The van der Waals surface area contributed by atoms with E-state index < -0.39 is 14.9 Å². The van der Waals surface area contributed by atoms with Crippen molar-refractivity contribution in [3.05, 3.63) is 34.2 Å². The number of nitro benzene ring substituents is 1. The van der Waals surface area contributed by atoms with Crippen LogP contribution in [-0.4, -0.2) is 44.4 Å². The van der Waals surface area contributed by atoms with E-state index in [4.69, 9.17) is 5.14 Å². The zero-order valence-corrected chi connectivity index (χ0v) is 15.4. The molecule has 0 aromatic heterocycles. The third-order valence-electron chi connectivity index (χ3n) is 4.22. The first-order valence-corrected chi connectivity index (χ1v) is 9.78. The predicted octanol–water partition coefficient (Wildman–Crippen LogP) is 1.98. The first kappa shape index (κ1) is 19.6. The van der Waals surface area contributed by atoms with Crippen LogP contribution < -0.4 is 10.5 Å². The molecule has 0 saturated carbocycles. The fourth-order valence-electron chi connectivity index (χ4n) is 3.15. The van der Waals surface area contributed by atoms with Crippen LogP contribution in [0.5, 0.6) is 0 Å². The highest BCUT2D eigenvalue weighted by Gasteiger charge is 2.23. The van der Waals surface area contributed by atoms with Gasteiger partial charge in [0.05, 0.1) is 9.82 Å². The first-order valence-electron chi connectivity index (χ1n) is 8.23. The number of piperidine rings is 1. The van der Waals surface area contributed by atoms with Gasteiger partial charge in [-0.2, -0.15) is 0 Å². The highest BCUT2D eigenvalue weighted by Crippen LogP contribution is 2.28. The molecule has 1 radical (unpaired) electrons. The summed E-state index contributed by atoms with van der Waals surface area (Å²) in [5, 5.41) is 19.4. The summed E-state index contributed by atoms with van der Waals surface area (Å²) in [7, 11) is -3.97. The molecular weight excluding hydrogens is 344 g/mol. The first-order chi connectivity index (χ1) is 11.7. The molecule has 9 heteroatoms. The van der Waals surface area contributed by atoms with Crippen molar-refractivity contribution in [3.8, 4) is 0 Å². The van der Waals surface area contributed by atoms with Crippen LogP contribution in [0.15, 0.2) is 23.1 Å². The van der Waals surface area contributed by atoms with Gasteiger partial charge in [0.2, 0.25) is 10.0 Å². The molecule has 3 N–H and O–H groups in total. The lowest BCUT2D eigenvalue weighted by atomic mass is 9.97. The van der Waals surface area contributed by atoms with E-state index in [-0.39, 0.29) is 10.6 Å². The molecule has 8 nitrogen and oxygen atoms in total. The number of hydrogen-bond acceptors (Lipinski definition) is 6. The fourth-order valence-corrected chi connectivity index (χ4v) is 3.69. The van der Waals surface area contributed by atoms with Crippen LogP contribution in [0.1, 0.15) is 26.7 Å². The monoisotopic (exact) mass is 369 g/mol. The molecule has 1 aromatic rings. The van der Waals surface area contributed by atoms with E-state index in [9.17, 15) is 18.5 Å². The van der Waals surface area contributed by atoms with Gasteiger partial charge in [0.25, 0.3) is 5.69 Å². The molecule has 0 spiro atoms. The molecule has 0 aliphatic carbocycles. The summed E-state index contributed by atoms with van der Waals surface area (Å²) < 4.78 is 22.8. The van der Waals surface area contributed by atoms with Crippen LogP contribution in [0.2, 0.25) is 0 Å². The van der Waals surface area contributed by atoms with Gasteiger partial charge in [-0.3, -0.25) is 10.1 Å². The molecule has 1 aromatic carbocycles. The van der Waals surface area contributed by atoms with E-state index in [2.05, 4.69) is 24.1 Å². The van der Waals surface area contributed by atoms with Crippen LogP contribution in [0.3, 0.4) is 0 Å². The van der Waals surface area contributed by atoms with Crippen molar-refractivity contribution in [3.63, 3.8) is 0 Å². The van der Waals surface area contributed by atoms with Crippen molar-refractivity contribution in [2.45, 2.75) is 31.6 Å². The van der Waals surface area contributed by atoms with Crippen LogP contribution in [0, 0.1) is 22.0 Å². The summed E-state index contributed by atoms with van der Waals surface area (Å²) >= 11 is 0. The molecule has 0 bridgehead atoms. The Morgan fingerprint density at radius 1 is 1.44 bits per heavy atom. The Kier molecular flexibility index (Phi) is 6.36. The van der Waals surface area contributed by atoms with Crippen LogP contribution in [0.4, 0.5) is 11.4 Å². The van der Waals surface area contributed by atoms with Gasteiger partial charge in [-0.05, 0) is 43.4 Å². The Balaban J connectivity index is 2.06. The molecule has 1 saturated heterocycles. The second kappa shape index (κ2) is 8.11. The van der Waals surface area contributed by atoms with Crippen molar-refractivity contribution in [1.29, 1.82) is 0 Å². The minimum absolute atomic E-state index is 0.262. The number of nitro groups is 1. The van der Waals surface area contributed by atoms with E-state index in [1.807, 2.05) is 0 Å². The predicted molar refractivity (Wildman–Crippen MR) is 96.7 cm³/mol. The third-order valence-corrected chi connectivity index (χ3v) is 5.13.